The number of anilines is 2. The van der Waals surface area contributed by atoms with Crippen molar-refractivity contribution in [2.24, 2.45) is 0 Å². The van der Waals surface area contributed by atoms with E-state index in [1.165, 1.54) is 0 Å². The van der Waals surface area contributed by atoms with Crippen LogP contribution < -0.4 is 9.80 Å². The number of benzene rings is 1. The molecule has 18 heavy (non-hydrogen) atoms. The first-order chi connectivity index (χ1) is 8.75. The molecule has 4 heteroatoms. The van der Waals surface area contributed by atoms with Gasteiger partial charge in [-0.05, 0) is 24.3 Å². The molecule has 4 nitrogen and oxygen atoms in total. The molecular weight excluding hydrogens is 228 g/mol. The van der Waals surface area contributed by atoms with E-state index in [0.29, 0.717) is 13.1 Å². The second-order valence-corrected chi connectivity index (χ2v) is 4.40. The van der Waals surface area contributed by atoms with Crippen molar-refractivity contribution in [3.05, 3.63) is 48.4 Å². The summed E-state index contributed by atoms with van der Waals surface area (Å²) < 4.78 is 5.32. The highest BCUT2D eigenvalue weighted by Crippen LogP contribution is 2.33. The lowest BCUT2D eigenvalue weighted by molar-refractivity contribution is -0.117. The van der Waals surface area contributed by atoms with Gasteiger partial charge in [-0.1, -0.05) is 12.1 Å². The van der Waals surface area contributed by atoms with Crippen LogP contribution in [0, 0.1) is 0 Å². The van der Waals surface area contributed by atoms with Crippen LogP contribution in [-0.4, -0.2) is 19.5 Å². The fraction of sp³-hybridized carbons (Fsp3) is 0.214. The second-order valence-electron chi connectivity index (χ2n) is 4.40. The predicted molar refractivity (Wildman–Crippen MR) is 69.6 cm³/mol. The number of likely N-dealkylation sites (N-methyl/N-ethyl adjacent to an activating group) is 1. The number of amides is 1. The van der Waals surface area contributed by atoms with Gasteiger partial charge in [0, 0.05) is 7.05 Å². The van der Waals surface area contributed by atoms with E-state index in [-0.39, 0.29) is 5.91 Å². The van der Waals surface area contributed by atoms with Crippen LogP contribution in [0.5, 0.6) is 0 Å². The van der Waals surface area contributed by atoms with Gasteiger partial charge in [0.25, 0.3) is 0 Å². The molecule has 1 aliphatic rings. The van der Waals surface area contributed by atoms with Gasteiger partial charge in [-0.2, -0.15) is 0 Å². The zero-order valence-corrected chi connectivity index (χ0v) is 10.2. The van der Waals surface area contributed by atoms with Crippen molar-refractivity contribution in [1.29, 1.82) is 0 Å². The Balaban J connectivity index is 1.98. The summed E-state index contributed by atoms with van der Waals surface area (Å²) >= 11 is 0. The van der Waals surface area contributed by atoms with E-state index in [2.05, 4.69) is 0 Å². The van der Waals surface area contributed by atoms with E-state index in [4.69, 9.17) is 4.42 Å². The average Bonchev–Trinajstić information content (AvgIpc) is 2.87. The lowest BCUT2D eigenvalue weighted by atomic mass is 10.1. The molecule has 0 spiro atoms. The van der Waals surface area contributed by atoms with E-state index in [1.807, 2.05) is 48.3 Å². The molecule has 1 aromatic heterocycles. The molecule has 0 unspecified atom stereocenters. The van der Waals surface area contributed by atoms with Crippen LogP contribution in [0.3, 0.4) is 0 Å². The van der Waals surface area contributed by atoms with Crippen molar-refractivity contribution in [1.82, 2.24) is 0 Å². The smallest absolute Gasteiger partial charge is 0.246 e. The first kappa shape index (κ1) is 10.9. The summed E-state index contributed by atoms with van der Waals surface area (Å²) in [5.74, 6) is 0.885. The Morgan fingerprint density at radius 1 is 1.17 bits per heavy atom. The third kappa shape index (κ3) is 1.76. The molecule has 1 amide bonds. The number of carbonyl (C=O) groups is 1. The van der Waals surface area contributed by atoms with E-state index in [9.17, 15) is 4.79 Å². The third-order valence-corrected chi connectivity index (χ3v) is 3.15. The summed E-state index contributed by atoms with van der Waals surface area (Å²) in [5, 5.41) is 0. The summed E-state index contributed by atoms with van der Waals surface area (Å²) in [6, 6.07) is 11.6. The molecule has 1 aliphatic heterocycles. The Morgan fingerprint density at radius 2 is 1.94 bits per heavy atom. The maximum Gasteiger partial charge on any atom is 0.246 e. The van der Waals surface area contributed by atoms with Crippen molar-refractivity contribution in [2.45, 2.75) is 6.54 Å². The summed E-state index contributed by atoms with van der Waals surface area (Å²) in [5.41, 5.74) is 2.01. The largest absolute Gasteiger partial charge is 0.467 e. The molecule has 0 aliphatic carbocycles. The number of hydrogen-bond acceptors (Lipinski definition) is 3. The molecule has 0 saturated carbocycles. The Labute approximate surface area is 105 Å². The number of nitrogens with zero attached hydrogens (tertiary/aromatic N) is 2. The van der Waals surface area contributed by atoms with Gasteiger partial charge in [0.05, 0.1) is 30.7 Å². The van der Waals surface area contributed by atoms with Crippen LogP contribution in [0.1, 0.15) is 5.76 Å². The van der Waals surface area contributed by atoms with Crippen molar-refractivity contribution in [3.63, 3.8) is 0 Å². The second kappa shape index (κ2) is 4.22. The van der Waals surface area contributed by atoms with Crippen molar-refractivity contribution >= 4 is 17.3 Å². The van der Waals surface area contributed by atoms with Crippen LogP contribution in [-0.2, 0) is 11.3 Å². The highest BCUT2D eigenvalue weighted by molar-refractivity contribution is 6.02. The van der Waals surface area contributed by atoms with Crippen LogP contribution in [0.4, 0.5) is 11.4 Å². The molecule has 2 aromatic rings. The molecule has 0 bridgehead atoms. The molecule has 3 rings (SSSR count). The predicted octanol–water partition coefficient (Wildman–Crippen LogP) is 2.26. The van der Waals surface area contributed by atoms with Crippen molar-refractivity contribution < 1.29 is 9.21 Å². The molecule has 0 fully saturated rings. The number of para-hydroxylation sites is 2. The monoisotopic (exact) mass is 242 g/mol. The van der Waals surface area contributed by atoms with E-state index in [1.54, 1.807) is 11.2 Å². The van der Waals surface area contributed by atoms with E-state index >= 15 is 0 Å². The Kier molecular flexibility index (Phi) is 2.55. The normalized spacial score (nSPS) is 14.8. The molecule has 2 heterocycles. The van der Waals surface area contributed by atoms with Crippen LogP contribution in [0.2, 0.25) is 0 Å². The molecule has 0 radical (unpaired) electrons. The third-order valence-electron chi connectivity index (χ3n) is 3.15. The number of carbonyl (C=O) groups excluding carboxylic acids is 1. The maximum atomic E-state index is 12.1. The van der Waals surface area contributed by atoms with Gasteiger partial charge in [0.15, 0.2) is 0 Å². The van der Waals surface area contributed by atoms with Gasteiger partial charge < -0.3 is 14.2 Å². The number of fused-ring (bicyclic) bond motifs is 1. The minimum absolute atomic E-state index is 0.0904. The lowest BCUT2D eigenvalue weighted by Gasteiger charge is -2.34. The number of hydrogen-bond donors (Lipinski definition) is 0. The van der Waals surface area contributed by atoms with E-state index in [0.717, 1.165) is 17.1 Å². The van der Waals surface area contributed by atoms with Gasteiger partial charge in [0.2, 0.25) is 5.91 Å². The van der Waals surface area contributed by atoms with Gasteiger partial charge in [0.1, 0.15) is 5.76 Å². The summed E-state index contributed by atoms with van der Waals surface area (Å²) in [7, 11) is 1.93. The van der Waals surface area contributed by atoms with Gasteiger partial charge in [-0.25, -0.2) is 0 Å². The average molecular weight is 242 g/mol. The molecule has 0 N–H and O–H groups in total. The molecule has 0 atom stereocenters. The number of rotatable bonds is 2. The fourth-order valence-electron chi connectivity index (χ4n) is 2.25. The van der Waals surface area contributed by atoms with E-state index < -0.39 is 0 Å². The quantitative estimate of drug-likeness (QED) is 0.810. The molecule has 92 valence electrons. The topological polar surface area (TPSA) is 36.7 Å². The van der Waals surface area contributed by atoms with Gasteiger partial charge in [-0.15, -0.1) is 0 Å². The highest BCUT2D eigenvalue weighted by atomic mass is 16.3. The molecule has 1 aromatic carbocycles. The SMILES string of the molecule is CN1CC(=O)N(Cc2ccco2)c2ccccc21. The lowest BCUT2D eigenvalue weighted by Crippen LogP contribution is -2.43. The molecular formula is C14H14N2O2. The standard InChI is InChI=1S/C14H14N2O2/c1-15-10-14(17)16(9-11-5-4-8-18-11)13-7-3-2-6-12(13)15/h2-8H,9-10H2,1H3. The number of furan rings is 1. The van der Waals surface area contributed by atoms with Gasteiger partial charge >= 0.3 is 0 Å². The summed E-state index contributed by atoms with van der Waals surface area (Å²) in [6.45, 7) is 0.883. The Morgan fingerprint density at radius 3 is 2.67 bits per heavy atom. The first-order valence-electron chi connectivity index (χ1n) is 5.88. The Bertz CT molecular complexity index is 563. The Hall–Kier alpha value is -2.23. The summed E-state index contributed by atoms with van der Waals surface area (Å²) in [4.78, 5) is 15.9. The maximum absolute atomic E-state index is 12.1. The highest BCUT2D eigenvalue weighted by Gasteiger charge is 2.27. The minimum Gasteiger partial charge on any atom is -0.467 e. The minimum atomic E-state index is 0.0904. The zero-order chi connectivity index (χ0) is 12.5. The van der Waals surface area contributed by atoms with Crippen LogP contribution in [0.25, 0.3) is 0 Å². The van der Waals surface area contributed by atoms with Gasteiger partial charge in [-0.3, -0.25) is 4.79 Å². The fourth-order valence-corrected chi connectivity index (χ4v) is 2.25. The first-order valence-corrected chi connectivity index (χ1v) is 5.88. The van der Waals surface area contributed by atoms with Crippen LogP contribution >= 0.6 is 0 Å². The zero-order valence-electron chi connectivity index (χ0n) is 10.2. The van der Waals surface area contributed by atoms with Crippen molar-refractivity contribution in [3.8, 4) is 0 Å². The van der Waals surface area contributed by atoms with Crippen molar-refractivity contribution in [2.75, 3.05) is 23.4 Å². The summed E-state index contributed by atoms with van der Waals surface area (Å²) in [6.07, 6.45) is 1.63. The molecule has 0 saturated heterocycles. The van der Waals surface area contributed by atoms with Crippen LogP contribution in [0.15, 0.2) is 47.1 Å².